The lowest BCUT2D eigenvalue weighted by Gasteiger charge is -2.02. The maximum absolute atomic E-state index is 12.8. The Morgan fingerprint density at radius 1 is 1.73 bits per heavy atom. The number of benzene rings is 1. The van der Waals surface area contributed by atoms with Gasteiger partial charge in [0.05, 0.1) is 5.56 Å². The highest BCUT2D eigenvalue weighted by Gasteiger charge is 2.03. The van der Waals surface area contributed by atoms with Crippen molar-refractivity contribution in [2.75, 3.05) is 7.05 Å². The van der Waals surface area contributed by atoms with Gasteiger partial charge in [0.25, 0.3) is 0 Å². The lowest BCUT2D eigenvalue weighted by atomic mass is 10.2. The van der Waals surface area contributed by atoms with Gasteiger partial charge in [-0.15, -0.1) is 0 Å². The molecule has 0 amide bonds. The summed E-state index contributed by atoms with van der Waals surface area (Å²) in [6.45, 7) is 0. The number of hydrogen-bond donors (Lipinski definition) is 2. The monoisotopic (exact) mass is 151 g/mol. The van der Waals surface area contributed by atoms with Crippen LogP contribution in [0.15, 0.2) is 18.2 Å². The average molecular weight is 151 g/mol. The van der Waals surface area contributed by atoms with E-state index in [0.717, 1.165) is 0 Å². The molecule has 0 aliphatic carbocycles. The SMILES string of the molecule is CNC(=N)c1cc[c]cc1F. The largest absolute Gasteiger partial charge is 0.373 e. The highest BCUT2D eigenvalue weighted by Crippen LogP contribution is 2.04. The second kappa shape index (κ2) is 3.14. The summed E-state index contributed by atoms with van der Waals surface area (Å²) < 4.78 is 12.8. The molecule has 11 heavy (non-hydrogen) atoms. The topological polar surface area (TPSA) is 35.9 Å². The molecule has 1 aromatic rings. The molecule has 0 aliphatic rings. The fourth-order valence-electron chi connectivity index (χ4n) is 0.747. The highest BCUT2D eigenvalue weighted by molar-refractivity contribution is 5.96. The molecule has 0 fully saturated rings. The number of amidine groups is 1. The van der Waals surface area contributed by atoms with Crippen LogP contribution in [0.5, 0.6) is 0 Å². The number of hydrogen-bond acceptors (Lipinski definition) is 1. The third-order valence-corrected chi connectivity index (χ3v) is 1.33. The molecular weight excluding hydrogens is 143 g/mol. The average Bonchev–Trinajstić information content (AvgIpc) is 2.04. The number of halogens is 1. The van der Waals surface area contributed by atoms with E-state index < -0.39 is 5.82 Å². The van der Waals surface area contributed by atoms with E-state index >= 15 is 0 Å². The molecule has 1 rings (SSSR count). The third-order valence-electron chi connectivity index (χ3n) is 1.33. The van der Waals surface area contributed by atoms with Gasteiger partial charge in [-0.1, -0.05) is 6.07 Å². The molecule has 0 atom stereocenters. The van der Waals surface area contributed by atoms with E-state index in [-0.39, 0.29) is 11.4 Å². The summed E-state index contributed by atoms with van der Waals surface area (Å²) in [4.78, 5) is 0. The fourth-order valence-corrected chi connectivity index (χ4v) is 0.747. The summed E-state index contributed by atoms with van der Waals surface area (Å²) in [6.07, 6.45) is 0. The first-order valence-electron chi connectivity index (χ1n) is 3.18. The number of rotatable bonds is 1. The maximum Gasteiger partial charge on any atom is 0.134 e. The predicted octanol–water partition coefficient (Wildman–Crippen LogP) is 1.17. The minimum Gasteiger partial charge on any atom is -0.373 e. The summed E-state index contributed by atoms with van der Waals surface area (Å²) >= 11 is 0. The zero-order valence-electron chi connectivity index (χ0n) is 6.11. The lowest BCUT2D eigenvalue weighted by molar-refractivity contribution is 0.624. The Morgan fingerprint density at radius 2 is 2.45 bits per heavy atom. The number of nitrogens with one attached hydrogen (secondary N) is 2. The van der Waals surface area contributed by atoms with Crippen molar-refractivity contribution in [1.29, 1.82) is 5.41 Å². The fraction of sp³-hybridized carbons (Fsp3) is 0.125. The Morgan fingerprint density at radius 3 is 3.00 bits per heavy atom. The molecule has 0 saturated carbocycles. The smallest absolute Gasteiger partial charge is 0.134 e. The van der Waals surface area contributed by atoms with Crippen molar-refractivity contribution in [3.05, 3.63) is 35.6 Å². The van der Waals surface area contributed by atoms with Crippen LogP contribution in [0.4, 0.5) is 4.39 Å². The van der Waals surface area contributed by atoms with Crippen molar-refractivity contribution in [2.45, 2.75) is 0 Å². The van der Waals surface area contributed by atoms with Crippen LogP contribution < -0.4 is 5.32 Å². The Bertz CT molecular complexity index is 271. The Kier molecular flexibility index (Phi) is 2.21. The molecule has 2 nitrogen and oxygen atoms in total. The molecule has 3 heteroatoms. The van der Waals surface area contributed by atoms with Crippen LogP contribution in [0.25, 0.3) is 0 Å². The van der Waals surface area contributed by atoms with Gasteiger partial charge in [0.1, 0.15) is 11.7 Å². The summed E-state index contributed by atoms with van der Waals surface area (Å²) in [6, 6.07) is 6.87. The van der Waals surface area contributed by atoms with E-state index in [9.17, 15) is 4.39 Å². The zero-order chi connectivity index (χ0) is 8.27. The van der Waals surface area contributed by atoms with Crippen molar-refractivity contribution in [3.8, 4) is 0 Å². The highest BCUT2D eigenvalue weighted by atomic mass is 19.1. The van der Waals surface area contributed by atoms with Crippen LogP contribution in [0.3, 0.4) is 0 Å². The van der Waals surface area contributed by atoms with Crippen LogP contribution in [-0.4, -0.2) is 12.9 Å². The normalized spacial score (nSPS) is 9.27. The summed E-state index contributed by atoms with van der Waals surface area (Å²) in [5.41, 5.74) is 0.270. The van der Waals surface area contributed by atoms with Crippen molar-refractivity contribution in [3.63, 3.8) is 0 Å². The molecular formula is C8H8FN2. The van der Waals surface area contributed by atoms with Crippen molar-refractivity contribution in [1.82, 2.24) is 5.32 Å². The Labute approximate surface area is 64.6 Å². The van der Waals surface area contributed by atoms with Crippen molar-refractivity contribution >= 4 is 5.84 Å². The van der Waals surface area contributed by atoms with Gasteiger partial charge in [-0.3, -0.25) is 5.41 Å². The van der Waals surface area contributed by atoms with Gasteiger partial charge in [-0.2, -0.15) is 0 Å². The molecule has 0 spiro atoms. The molecule has 1 radical (unpaired) electrons. The third kappa shape index (κ3) is 1.55. The quantitative estimate of drug-likeness (QED) is 0.458. The van der Waals surface area contributed by atoms with Crippen LogP contribution in [0.1, 0.15) is 5.56 Å². The van der Waals surface area contributed by atoms with Gasteiger partial charge >= 0.3 is 0 Å². The maximum atomic E-state index is 12.8. The molecule has 0 aliphatic heterocycles. The Balaban J connectivity index is 3.03. The van der Waals surface area contributed by atoms with Crippen LogP contribution in [0.2, 0.25) is 0 Å². The van der Waals surface area contributed by atoms with Crippen LogP contribution in [-0.2, 0) is 0 Å². The molecule has 1 aromatic carbocycles. The van der Waals surface area contributed by atoms with E-state index in [0.29, 0.717) is 0 Å². The van der Waals surface area contributed by atoms with E-state index in [1.54, 1.807) is 13.1 Å². The van der Waals surface area contributed by atoms with Gasteiger partial charge in [0.15, 0.2) is 0 Å². The van der Waals surface area contributed by atoms with Crippen LogP contribution >= 0.6 is 0 Å². The van der Waals surface area contributed by atoms with Crippen molar-refractivity contribution in [2.24, 2.45) is 0 Å². The van der Waals surface area contributed by atoms with Gasteiger partial charge < -0.3 is 5.32 Å². The van der Waals surface area contributed by atoms with E-state index in [1.807, 2.05) is 0 Å². The standard InChI is InChI=1S/C8H8FN2/c1-11-8(10)6-4-2-3-5-7(6)9/h2,4-5H,1H3,(H2,10,11). The second-order valence-electron chi connectivity index (χ2n) is 2.03. The molecule has 57 valence electrons. The van der Waals surface area contributed by atoms with Gasteiger partial charge in [0.2, 0.25) is 0 Å². The Hall–Kier alpha value is -1.38. The van der Waals surface area contributed by atoms with E-state index in [2.05, 4.69) is 11.4 Å². The van der Waals surface area contributed by atoms with E-state index in [1.165, 1.54) is 12.1 Å². The minimum atomic E-state index is -0.424. The first-order chi connectivity index (χ1) is 5.25. The minimum absolute atomic E-state index is 0.0801. The van der Waals surface area contributed by atoms with E-state index in [4.69, 9.17) is 5.41 Å². The first kappa shape index (κ1) is 7.72. The predicted molar refractivity (Wildman–Crippen MR) is 41.1 cm³/mol. The van der Waals surface area contributed by atoms with Gasteiger partial charge in [-0.25, -0.2) is 4.39 Å². The first-order valence-corrected chi connectivity index (χ1v) is 3.18. The molecule has 0 saturated heterocycles. The van der Waals surface area contributed by atoms with Gasteiger partial charge in [-0.05, 0) is 18.2 Å². The summed E-state index contributed by atoms with van der Waals surface area (Å²) in [7, 11) is 1.58. The molecule has 0 aromatic heterocycles. The molecule has 0 heterocycles. The van der Waals surface area contributed by atoms with Crippen LogP contribution in [0, 0.1) is 17.3 Å². The molecule has 0 unspecified atom stereocenters. The van der Waals surface area contributed by atoms with Crippen molar-refractivity contribution < 1.29 is 4.39 Å². The second-order valence-corrected chi connectivity index (χ2v) is 2.03. The van der Waals surface area contributed by atoms with Gasteiger partial charge in [0, 0.05) is 7.05 Å². The molecule has 0 bridgehead atoms. The molecule has 2 N–H and O–H groups in total. The zero-order valence-corrected chi connectivity index (χ0v) is 6.11. The summed E-state index contributed by atoms with van der Waals surface area (Å²) in [5, 5.41) is 9.81. The lowest BCUT2D eigenvalue weighted by Crippen LogP contribution is -2.19. The summed E-state index contributed by atoms with van der Waals surface area (Å²) in [5.74, 6) is -0.344.